The van der Waals surface area contributed by atoms with Crippen molar-refractivity contribution in [3.63, 3.8) is 0 Å². The number of hydrogen-bond donors (Lipinski definition) is 1. The highest BCUT2D eigenvalue weighted by Crippen LogP contribution is 2.19. The quantitative estimate of drug-likeness (QED) is 0.878. The van der Waals surface area contributed by atoms with E-state index in [0.29, 0.717) is 13.1 Å². The molecule has 1 unspecified atom stereocenters. The van der Waals surface area contributed by atoms with Crippen molar-refractivity contribution in [3.05, 3.63) is 30.3 Å². The van der Waals surface area contributed by atoms with Crippen molar-refractivity contribution in [1.29, 1.82) is 0 Å². The summed E-state index contributed by atoms with van der Waals surface area (Å²) in [7, 11) is -1.57. The van der Waals surface area contributed by atoms with Crippen molar-refractivity contribution in [1.82, 2.24) is 4.31 Å². The van der Waals surface area contributed by atoms with Gasteiger partial charge in [0.1, 0.15) is 11.9 Å². The minimum Gasteiger partial charge on any atom is -0.489 e. The third kappa shape index (κ3) is 4.29. The second-order valence-electron chi connectivity index (χ2n) is 3.96. The fourth-order valence-corrected chi connectivity index (χ4v) is 2.66. The highest BCUT2D eigenvalue weighted by atomic mass is 32.2. The molecule has 1 aliphatic heterocycles. The molecule has 0 amide bonds. The Morgan fingerprint density at radius 2 is 1.89 bits per heavy atom. The maximum Gasteiger partial charge on any atom is 0.211 e. The van der Waals surface area contributed by atoms with Gasteiger partial charge < -0.3 is 10.5 Å². The average molecular weight is 272 g/mol. The Labute approximate surface area is 109 Å². The molecule has 5 nitrogen and oxygen atoms in total. The SMILES string of the molecule is CN.CS(=O)(=O)N1CCC(Oc2ccccc2)C1. The van der Waals surface area contributed by atoms with Gasteiger partial charge in [-0.2, -0.15) is 4.31 Å². The van der Waals surface area contributed by atoms with Crippen molar-refractivity contribution >= 4 is 10.0 Å². The van der Waals surface area contributed by atoms with Crippen LogP contribution >= 0.6 is 0 Å². The Balaban J connectivity index is 0.000000771. The van der Waals surface area contributed by atoms with E-state index in [2.05, 4.69) is 5.73 Å². The lowest BCUT2D eigenvalue weighted by molar-refractivity contribution is 0.215. The Bertz CT molecular complexity index is 448. The Morgan fingerprint density at radius 3 is 2.39 bits per heavy atom. The molecule has 18 heavy (non-hydrogen) atoms. The van der Waals surface area contributed by atoms with Gasteiger partial charge >= 0.3 is 0 Å². The van der Waals surface area contributed by atoms with Crippen molar-refractivity contribution in [2.45, 2.75) is 12.5 Å². The maximum absolute atomic E-state index is 11.3. The number of rotatable bonds is 3. The molecule has 1 aromatic rings. The maximum atomic E-state index is 11.3. The molecule has 2 N–H and O–H groups in total. The van der Waals surface area contributed by atoms with Gasteiger partial charge in [0.05, 0.1) is 12.8 Å². The standard InChI is InChI=1S/C11H15NO3S.CH5N/c1-16(13,14)12-8-7-11(9-12)15-10-5-3-2-4-6-10;1-2/h2-6,11H,7-9H2,1H3;2H2,1H3. The molecule has 1 aliphatic rings. The molecule has 1 aromatic carbocycles. The van der Waals surface area contributed by atoms with Crippen LogP contribution in [0.2, 0.25) is 0 Å². The summed E-state index contributed by atoms with van der Waals surface area (Å²) in [5.41, 5.74) is 4.50. The van der Waals surface area contributed by atoms with Crippen LogP contribution in [0.4, 0.5) is 0 Å². The molecular formula is C12H20N2O3S. The molecule has 2 rings (SSSR count). The lowest BCUT2D eigenvalue weighted by Gasteiger charge is -2.14. The fraction of sp³-hybridized carbons (Fsp3) is 0.500. The first-order valence-corrected chi connectivity index (χ1v) is 7.65. The third-order valence-electron chi connectivity index (χ3n) is 2.62. The van der Waals surface area contributed by atoms with Gasteiger partial charge in [0.25, 0.3) is 0 Å². The molecule has 1 saturated heterocycles. The van der Waals surface area contributed by atoms with Gasteiger partial charge in [0.15, 0.2) is 0 Å². The van der Waals surface area contributed by atoms with Crippen LogP contribution < -0.4 is 10.5 Å². The summed E-state index contributed by atoms with van der Waals surface area (Å²) in [6.45, 7) is 1.00. The summed E-state index contributed by atoms with van der Waals surface area (Å²) < 4.78 is 29.8. The monoisotopic (exact) mass is 272 g/mol. The minimum atomic E-state index is -3.07. The van der Waals surface area contributed by atoms with Gasteiger partial charge in [-0.1, -0.05) is 18.2 Å². The van der Waals surface area contributed by atoms with E-state index in [4.69, 9.17) is 4.74 Å². The highest BCUT2D eigenvalue weighted by Gasteiger charge is 2.29. The molecule has 1 atom stereocenters. The number of nitrogens with two attached hydrogens (primary N) is 1. The van der Waals surface area contributed by atoms with Gasteiger partial charge in [0, 0.05) is 6.54 Å². The van der Waals surface area contributed by atoms with E-state index in [9.17, 15) is 8.42 Å². The molecule has 0 bridgehead atoms. The molecule has 0 spiro atoms. The highest BCUT2D eigenvalue weighted by molar-refractivity contribution is 7.88. The second kappa shape index (κ2) is 6.72. The van der Waals surface area contributed by atoms with Crippen LogP contribution in [0, 0.1) is 0 Å². The number of benzene rings is 1. The fourth-order valence-electron chi connectivity index (χ4n) is 1.79. The smallest absolute Gasteiger partial charge is 0.211 e. The summed E-state index contributed by atoms with van der Waals surface area (Å²) in [5, 5.41) is 0. The molecule has 0 saturated carbocycles. The van der Waals surface area contributed by atoms with E-state index in [0.717, 1.165) is 12.2 Å². The molecule has 102 valence electrons. The summed E-state index contributed by atoms with van der Waals surface area (Å²) in [6.07, 6.45) is 1.96. The molecular weight excluding hydrogens is 252 g/mol. The van der Waals surface area contributed by atoms with Gasteiger partial charge in [-0.3, -0.25) is 0 Å². The first kappa shape index (κ1) is 14.9. The van der Waals surface area contributed by atoms with Crippen molar-refractivity contribution in [2.75, 3.05) is 26.4 Å². The van der Waals surface area contributed by atoms with Crippen LogP contribution in [0.25, 0.3) is 0 Å². The van der Waals surface area contributed by atoms with E-state index in [1.54, 1.807) is 0 Å². The summed E-state index contributed by atoms with van der Waals surface area (Å²) in [4.78, 5) is 0. The van der Waals surface area contributed by atoms with Gasteiger partial charge in [-0.25, -0.2) is 8.42 Å². The summed E-state index contributed by atoms with van der Waals surface area (Å²) in [6, 6.07) is 9.48. The van der Waals surface area contributed by atoms with Crippen molar-refractivity contribution in [2.24, 2.45) is 5.73 Å². The van der Waals surface area contributed by atoms with Crippen molar-refractivity contribution in [3.8, 4) is 5.75 Å². The van der Waals surface area contributed by atoms with Crippen LogP contribution in [0.1, 0.15) is 6.42 Å². The van der Waals surface area contributed by atoms with Crippen LogP contribution in [0.5, 0.6) is 5.75 Å². The number of sulfonamides is 1. The Morgan fingerprint density at radius 1 is 1.28 bits per heavy atom. The average Bonchev–Trinajstić information content (AvgIpc) is 2.81. The zero-order valence-corrected chi connectivity index (χ0v) is 11.6. The van der Waals surface area contributed by atoms with Crippen LogP contribution in [0.3, 0.4) is 0 Å². The predicted molar refractivity (Wildman–Crippen MR) is 72.0 cm³/mol. The lowest BCUT2D eigenvalue weighted by Crippen LogP contribution is -2.29. The van der Waals surface area contributed by atoms with Crippen LogP contribution in [-0.4, -0.2) is 45.2 Å². The Kier molecular flexibility index (Phi) is 5.58. The molecule has 1 heterocycles. The number of hydrogen-bond acceptors (Lipinski definition) is 4. The number of nitrogens with zero attached hydrogens (tertiary/aromatic N) is 1. The van der Waals surface area contributed by atoms with Gasteiger partial charge in [-0.05, 0) is 25.6 Å². The molecule has 6 heteroatoms. The van der Waals surface area contributed by atoms with E-state index in [-0.39, 0.29) is 6.10 Å². The van der Waals surface area contributed by atoms with Crippen molar-refractivity contribution < 1.29 is 13.2 Å². The van der Waals surface area contributed by atoms with E-state index < -0.39 is 10.0 Å². The first-order valence-electron chi connectivity index (χ1n) is 5.80. The van der Waals surface area contributed by atoms with E-state index >= 15 is 0 Å². The zero-order valence-electron chi connectivity index (χ0n) is 10.7. The topological polar surface area (TPSA) is 72.6 Å². The van der Waals surface area contributed by atoms with E-state index in [1.165, 1.54) is 17.6 Å². The van der Waals surface area contributed by atoms with E-state index in [1.807, 2.05) is 30.3 Å². The largest absolute Gasteiger partial charge is 0.489 e. The lowest BCUT2D eigenvalue weighted by atomic mass is 10.3. The summed E-state index contributed by atoms with van der Waals surface area (Å²) >= 11 is 0. The van der Waals surface area contributed by atoms with Crippen LogP contribution in [-0.2, 0) is 10.0 Å². The van der Waals surface area contributed by atoms with Gasteiger partial charge in [-0.15, -0.1) is 0 Å². The van der Waals surface area contributed by atoms with Crippen LogP contribution in [0.15, 0.2) is 30.3 Å². The normalized spacial score (nSPS) is 20.1. The predicted octanol–water partition coefficient (Wildman–Crippen LogP) is 0.674. The first-order chi connectivity index (χ1) is 8.55. The molecule has 0 aliphatic carbocycles. The number of para-hydroxylation sites is 1. The molecule has 1 fully saturated rings. The summed E-state index contributed by atoms with van der Waals surface area (Å²) in [5.74, 6) is 0.794. The second-order valence-corrected chi connectivity index (χ2v) is 5.95. The minimum absolute atomic E-state index is 0.0304. The van der Waals surface area contributed by atoms with Gasteiger partial charge in [0.2, 0.25) is 10.0 Å². The molecule has 0 radical (unpaired) electrons. The zero-order chi connectivity index (χ0) is 13.6. The third-order valence-corrected chi connectivity index (χ3v) is 3.89. The number of ether oxygens (including phenoxy) is 1. The Hall–Kier alpha value is -1.11. The molecule has 0 aromatic heterocycles.